The van der Waals surface area contributed by atoms with Crippen LogP contribution in [0.4, 0.5) is 0 Å². The van der Waals surface area contributed by atoms with E-state index in [2.05, 4.69) is 0 Å². The van der Waals surface area contributed by atoms with Gasteiger partial charge in [-0.15, -0.1) is 0 Å². The average Bonchev–Trinajstić information content (AvgIpc) is 3.08. The van der Waals surface area contributed by atoms with Gasteiger partial charge in [0.25, 0.3) is 0 Å². The Hall–Kier alpha value is -0.330. The van der Waals surface area contributed by atoms with Gasteiger partial charge in [0.2, 0.25) is 0 Å². The molecule has 17 heavy (non-hydrogen) atoms. The maximum atomic E-state index is 11.9. The maximum Gasteiger partial charge on any atom is 0.136 e. The number of fused-ring (bicyclic) bond motifs is 1. The van der Waals surface area contributed by atoms with E-state index in [1.807, 2.05) is 0 Å². The second-order valence-corrected chi connectivity index (χ2v) is 6.14. The van der Waals surface area contributed by atoms with E-state index in [1.165, 1.54) is 70.6 Å². The first kappa shape index (κ1) is 13.1. The van der Waals surface area contributed by atoms with Crippen molar-refractivity contribution >= 4 is 5.78 Å². The number of carbonyl (C=O) groups excluding carboxylic acids is 1. The van der Waals surface area contributed by atoms with E-state index in [4.69, 9.17) is 0 Å². The Morgan fingerprint density at radius 3 is 1.88 bits per heavy atom. The fourth-order valence-electron chi connectivity index (χ4n) is 3.27. The fraction of sp³-hybridized carbons (Fsp3) is 0.938. The summed E-state index contributed by atoms with van der Waals surface area (Å²) in [6.45, 7) is 0. The molecule has 1 heteroatoms. The molecule has 0 bridgehead atoms. The summed E-state index contributed by atoms with van der Waals surface area (Å²) in [5.41, 5.74) is 0. The Bertz CT molecular complexity index is 234. The number of rotatable bonds is 0. The summed E-state index contributed by atoms with van der Waals surface area (Å²) in [7, 11) is 0. The van der Waals surface area contributed by atoms with Crippen LogP contribution in [-0.2, 0) is 4.79 Å². The second kappa shape index (κ2) is 7.18. The fourth-order valence-corrected chi connectivity index (χ4v) is 3.27. The number of hydrogen-bond acceptors (Lipinski definition) is 1. The second-order valence-electron chi connectivity index (χ2n) is 6.14. The van der Waals surface area contributed by atoms with Crippen molar-refractivity contribution in [2.45, 2.75) is 83.5 Å². The average molecular weight is 236 g/mol. The first-order chi connectivity index (χ1) is 8.38. The number of carbonyl (C=O) groups is 1. The monoisotopic (exact) mass is 236 g/mol. The lowest BCUT2D eigenvalue weighted by atomic mass is 10.0. The van der Waals surface area contributed by atoms with Crippen molar-refractivity contribution < 1.29 is 4.79 Å². The van der Waals surface area contributed by atoms with Crippen LogP contribution in [0.1, 0.15) is 83.5 Å². The standard InChI is InChI=1S/C16H28O/c17-16-12-10-8-6-4-2-1-3-5-7-9-11-14-13-15(14)16/h14-15H,1-13H2/t14-,15+/m0/s1. The van der Waals surface area contributed by atoms with Gasteiger partial charge in [-0.3, -0.25) is 4.79 Å². The van der Waals surface area contributed by atoms with Crippen LogP contribution in [0.2, 0.25) is 0 Å². The van der Waals surface area contributed by atoms with Gasteiger partial charge in [0.05, 0.1) is 0 Å². The van der Waals surface area contributed by atoms with Gasteiger partial charge < -0.3 is 0 Å². The maximum absolute atomic E-state index is 11.9. The van der Waals surface area contributed by atoms with Crippen LogP contribution in [0.3, 0.4) is 0 Å². The first-order valence-electron chi connectivity index (χ1n) is 7.90. The van der Waals surface area contributed by atoms with Crippen LogP contribution < -0.4 is 0 Å². The summed E-state index contributed by atoms with van der Waals surface area (Å²) in [6, 6.07) is 0. The van der Waals surface area contributed by atoms with Crippen LogP contribution in [0.15, 0.2) is 0 Å². The first-order valence-corrected chi connectivity index (χ1v) is 7.90. The highest BCUT2D eigenvalue weighted by atomic mass is 16.1. The van der Waals surface area contributed by atoms with Crippen molar-refractivity contribution in [1.82, 2.24) is 0 Å². The van der Waals surface area contributed by atoms with Crippen LogP contribution in [0.25, 0.3) is 0 Å². The van der Waals surface area contributed by atoms with Gasteiger partial charge in [0.15, 0.2) is 0 Å². The Kier molecular flexibility index (Phi) is 5.54. The van der Waals surface area contributed by atoms with Gasteiger partial charge in [-0.2, -0.15) is 0 Å². The Morgan fingerprint density at radius 1 is 0.706 bits per heavy atom. The molecular formula is C16H28O. The molecule has 2 atom stereocenters. The molecule has 0 amide bonds. The Balaban J connectivity index is 1.69. The van der Waals surface area contributed by atoms with Crippen molar-refractivity contribution in [2.75, 3.05) is 0 Å². The lowest BCUT2D eigenvalue weighted by Crippen LogP contribution is -2.02. The molecule has 0 aliphatic heterocycles. The minimum atomic E-state index is 0.486. The molecule has 0 radical (unpaired) electrons. The van der Waals surface area contributed by atoms with E-state index in [9.17, 15) is 4.79 Å². The van der Waals surface area contributed by atoms with Crippen LogP contribution in [0.5, 0.6) is 0 Å². The quantitative estimate of drug-likeness (QED) is 0.585. The molecule has 0 heterocycles. The van der Waals surface area contributed by atoms with E-state index >= 15 is 0 Å². The summed E-state index contributed by atoms with van der Waals surface area (Å²) in [5.74, 6) is 1.86. The molecule has 0 saturated heterocycles. The summed E-state index contributed by atoms with van der Waals surface area (Å²) < 4.78 is 0. The Morgan fingerprint density at radius 2 is 1.24 bits per heavy atom. The molecule has 2 fully saturated rings. The van der Waals surface area contributed by atoms with Crippen molar-refractivity contribution in [3.63, 3.8) is 0 Å². The molecule has 1 nitrogen and oxygen atoms in total. The summed E-state index contributed by atoms with van der Waals surface area (Å²) in [4.78, 5) is 11.9. The smallest absolute Gasteiger partial charge is 0.136 e. The molecule has 2 rings (SSSR count). The van der Waals surface area contributed by atoms with E-state index < -0.39 is 0 Å². The number of hydrogen-bond donors (Lipinski definition) is 0. The van der Waals surface area contributed by atoms with E-state index in [1.54, 1.807) is 0 Å². The number of ketones is 1. The molecule has 0 N–H and O–H groups in total. The van der Waals surface area contributed by atoms with Gasteiger partial charge in [0.1, 0.15) is 5.78 Å². The predicted octanol–water partition coefficient (Wildman–Crippen LogP) is 4.89. The van der Waals surface area contributed by atoms with Gasteiger partial charge in [-0.1, -0.05) is 57.8 Å². The molecule has 2 aliphatic rings. The molecule has 0 aromatic rings. The van der Waals surface area contributed by atoms with Gasteiger partial charge >= 0.3 is 0 Å². The minimum Gasteiger partial charge on any atom is -0.299 e. The highest BCUT2D eigenvalue weighted by molar-refractivity contribution is 5.83. The molecule has 2 saturated carbocycles. The molecule has 0 unspecified atom stereocenters. The lowest BCUT2D eigenvalue weighted by Gasteiger charge is -2.01. The molecule has 98 valence electrons. The molecular weight excluding hydrogens is 208 g/mol. The zero-order valence-corrected chi connectivity index (χ0v) is 11.3. The number of Topliss-reactive ketones (excluding diaryl/α,β-unsaturated/α-hetero) is 1. The Labute approximate surface area is 106 Å². The third-order valence-corrected chi connectivity index (χ3v) is 4.58. The van der Waals surface area contributed by atoms with E-state index in [-0.39, 0.29) is 0 Å². The van der Waals surface area contributed by atoms with Crippen LogP contribution >= 0.6 is 0 Å². The molecule has 2 aliphatic carbocycles. The molecule has 0 aromatic carbocycles. The third kappa shape index (κ3) is 4.81. The van der Waals surface area contributed by atoms with Crippen molar-refractivity contribution in [2.24, 2.45) is 11.8 Å². The van der Waals surface area contributed by atoms with Crippen LogP contribution in [0, 0.1) is 11.8 Å². The van der Waals surface area contributed by atoms with Crippen LogP contribution in [-0.4, -0.2) is 5.78 Å². The molecule has 0 spiro atoms. The summed E-state index contributed by atoms with van der Waals surface area (Å²) in [6.07, 6.45) is 17.1. The van der Waals surface area contributed by atoms with E-state index in [0.29, 0.717) is 11.7 Å². The largest absolute Gasteiger partial charge is 0.299 e. The third-order valence-electron chi connectivity index (χ3n) is 4.58. The van der Waals surface area contributed by atoms with Crippen molar-refractivity contribution in [1.29, 1.82) is 0 Å². The predicted molar refractivity (Wildman–Crippen MR) is 72.0 cm³/mol. The highest BCUT2D eigenvalue weighted by Gasteiger charge is 2.40. The van der Waals surface area contributed by atoms with Crippen molar-refractivity contribution in [3.05, 3.63) is 0 Å². The topological polar surface area (TPSA) is 17.1 Å². The van der Waals surface area contributed by atoms with Gasteiger partial charge in [0, 0.05) is 12.3 Å². The van der Waals surface area contributed by atoms with Gasteiger partial charge in [-0.05, 0) is 25.2 Å². The summed E-state index contributed by atoms with van der Waals surface area (Å²) in [5, 5.41) is 0. The minimum absolute atomic E-state index is 0.486. The highest BCUT2D eigenvalue weighted by Crippen LogP contribution is 2.44. The van der Waals surface area contributed by atoms with E-state index in [0.717, 1.165) is 18.8 Å². The normalized spacial score (nSPS) is 33.3. The van der Waals surface area contributed by atoms with Gasteiger partial charge in [-0.25, -0.2) is 0 Å². The summed E-state index contributed by atoms with van der Waals surface area (Å²) >= 11 is 0. The zero-order chi connectivity index (χ0) is 11.9. The zero-order valence-electron chi connectivity index (χ0n) is 11.3. The molecule has 0 aromatic heterocycles. The lowest BCUT2D eigenvalue weighted by molar-refractivity contribution is -0.120. The SMILES string of the molecule is O=C1CCCCCCCCCCCC[C@H]2C[C@@H]12. The van der Waals surface area contributed by atoms with Crippen molar-refractivity contribution in [3.8, 4) is 0 Å².